The van der Waals surface area contributed by atoms with Crippen LogP contribution in [0.4, 0.5) is 5.82 Å². The van der Waals surface area contributed by atoms with Crippen LogP contribution in [0.25, 0.3) is 10.2 Å². The number of hydrogen-bond donors (Lipinski definition) is 4. The number of rotatable bonds is 8. The number of nitrogens with one attached hydrogen (secondary N) is 1. The van der Waals surface area contributed by atoms with Gasteiger partial charge in [0.05, 0.1) is 12.0 Å². The molecule has 0 spiro atoms. The van der Waals surface area contributed by atoms with Gasteiger partial charge in [0.15, 0.2) is 11.5 Å². The lowest BCUT2D eigenvalue weighted by Gasteiger charge is -2.13. The molecule has 0 radical (unpaired) electrons. The zero-order valence-electron chi connectivity index (χ0n) is 19.0. The zero-order chi connectivity index (χ0) is 23.9. The molecule has 1 aliphatic carbocycles. The summed E-state index contributed by atoms with van der Waals surface area (Å²) < 4.78 is 10.9. The van der Waals surface area contributed by atoms with Crippen molar-refractivity contribution in [3.05, 3.63) is 40.0 Å². The quantitative estimate of drug-likeness (QED) is 0.378. The van der Waals surface area contributed by atoms with Gasteiger partial charge in [-0.1, -0.05) is 6.07 Å². The summed E-state index contributed by atoms with van der Waals surface area (Å²) in [6, 6.07) is 5.94. The lowest BCUT2D eigenvalue weighted by atomic mass is 9.97. The molecule has 0 saturated heterocycles. The maximum Gasteiger partial charge on any atom is 0.303 e. The lowest BCUT2D eigenvalue weighted by Crippen LogP contribution is -2.07. The van der Waals surface area contributed by atoms with Crippen LogP contribution in [0.15, 0.2) is 18.2 Å². The summed E-state index contributed by atoms with van der Waals surface area (Å²) in [5, 5.41) is 21.3. The predicted molar refractivity (Wildman–Crippen MR) is 131 cm³/mol. The summed E-state index contributed by atoms with van der Waals surface area (Å²) in [5.74, 6) is 2.31. The van der Waals surface area contributed by atoms with Crippen molar-refractivity contribution in [2.75, 3.05) is 25.3 Å². The van der Waals surface area contributed by atoms with Crippen LogP contribution in [-0.4, -0.2) is 46.1 Å². The average molecular weight is 487 g/mol. The Morgan fingerprint density at radius 2 is 1.97 bits per heavy atom. The van der Waals surface area contributed by atoms with Crippen LogP contribution in [0, 0.1) is 0 Å². The van der Waals surface area contributed by atoms with Gasteiger partial charge in [-0.2, -0.15) is 0 Å². The number of benzene rings is 1. The van der Waals surface area contributed by atoms with Crippen molar-refractivity contribution in [3.63, 3.8) is 0 Å². The number of carbonyl (C=O) groups is 1. The number of fused-ring (bicyclic) bond motifs is 4. The number of carboxylic acids is 1. The molecular weight excluding hydrogens is 456 g/mol. The van der Waals surface area contributed by atoms with Crippen LogP contribution in [-0.2, 0) is 30.6 Å². The Morgan fingerprint density at radius 3 is 2.76 bits per heavy atom. The van der Waals surface area contributed by atoms with E-state index in [2.05, 4.69) is 5.32 Å². The van der Waals surface area contributed by atoms with Crippen molar-refractivity contribution < 1.29 is 24.5 Å². The van der Waals surface area contributed by atoms with E-state index < -0.39 is 5.97 Å². The summed E-state index contributed by atoms with van der Waals surface area (Å²) in [6.07, 6.45) is 5.81. The number of nitrogens with zero attached hydrogens (tertiary/aromatic N) is 2. The third-order valence-corrected chi connectivity index (χ3v) is 6.86. The summed E-state index contributed by atoms with van der Waals surface area (Å²) in [7, 11) is 0. The van der Waals surface area contributed by atoms with E-state index in [1.165, 1.54) is 23.3 Å². The summed E-state index contributed by atoms with van der Waals surface area (Å²) in [5.41, 5.74) is 7.24. The van der Waals surface area contributed by atoms with E-state index in [-0.39, 0.29) is 19.8 Å². The number of hydrogen-bond acceptors (Lipinski definition) is 9. The fourth-order valence-electron chi connectivity index (χ4n) is 4.08. The number of thiophene rings is 1. The van der Waals surface area contributed by atoms with E-state index in [1.807, 2.05) is 18.2 Å². The van der Waals surface area contributed by atoms with E-state index in [0.29, 0.717) is 31.8 Å². The zero-order valence-corrected chi connectivity index (χ0v) is 19.8. The minimum Gasteiger partial charge on any atom is -0.481 e. The number of nitrogens with two attached hydrogens (primary N) is 1. The van der Waals surface area contributed by atoms with Gasteiger partial charge in [0.2, 0.25) is 6.79 Å². The van der Waals surface area contributed by atoms with Crippen molar-refractivity contribution >= 4 is 33.3 Å². The van der Waals surface area contributed by atoms with E-state index in [4.69, 9.17) is 35.4 Å². The van der Waals surface area contributed by atoms with Gasteiger partial charge in [0.25, 0.3) is 0 Å². The predicted octanol–water partition coefficient (Wildman–Crippen LogP) is 3.26. The summed E-state index contributed by atoms with van der Waals surface area (Å²) in [4.78, 5) is 22.9. The van der Waals surface area contributed by atoms with Crippen LogP contribution >= 0.6 is 11.3 Å². The molecule has 3 heterocycles. The third-order valence-electron chi connectivity index (χ3n) is 5.68. The molecular formula is C24H30N4O5S. The Kier molecular flexibility index (Phi) is 8.15. The van der Waals surface area contributed by atoms with Crippen LogP contribution < -0.4 is 20.5 Å². The molecule has 0 bridgehead atoms. The first-order valence-corrected chi connectivity index (χ1v) is 12.4. The van der Waals surface area contributed by atoms with Crippen LogP contribution in [0.1, 0.15) is 47.5 Å². The van der Waals surface area contributed by atoms with Gasteiger partial charge in [0.1, 0.15) is 16.5 Å². The van der Waals surface area contributed by atoms with Crippen molar-refractivity contribution in [2.24, 2.45) is 5.73 Å². The van der Waals surface area contributed by atoms with Crippen molar-refractivity contribution in [1.82, 2.24) is 9.97 Å². The highest BCUT2D eigenvalue weighted by molar-refractivity contribution is 7.19. The first-order chi connectivity index (χ1) is 16.6. The Hall–Kier alpha value is -2.95. The third kappa shape index (κ3) is 5.75. The smallest absolute Gasteiger partial charge is 0.303 e. The fourth-order valence-corrected chi connectivity index (χ4v) is 5.36. The Labute approximate surface area is 201 Å². The van der Waals surface area contributed by atoms with Gasteiger partial charge >= 0.3 is 5.97 Å². The number of aliphatic hydroxyl groups excluding tert-OH is 1. The van der Waals surface area contributed by atoms with E-state index >= 15 is 0 Å². The second-order valence-electron chi connectivity index (χ2n) is 8.18. The summed E-state index contributed by atoms with van der Waals surface area (Å²) in [6.45, 7) is 1.35. The average Bonchev–Trinajstić information content (AvgIpc) is 3.46. The number of aliphatic hydroxyl groups is 1. The monoisotopic (exact) mass is 486 g/mol. The second kappa shape index (κ2) is 11.5. The number of aliphatic carboxylic acids is 1. The fraction of sp³-hybridized carbons (Fsp3) is 0.458. The van der Waals surface area contributed by atoms with Crippen molar-refractivity contribution in [2.45, 2.75) is 51.5 Å². The molecule has 182 valence electrons. The van der Waals surface area contributed by atoms with Gasteiger partial charge in [0, 0.05) is 30.8 Å². The van der Waals surface area contributed by atoms with Crippen LogP contribution in [0.2, 0.25) is 0 Å². The van der Waals surface area contributed by atoms with Gasteiger partial charge in [-0.15, -0.1) is 11.3 Å². The van der Waals surface area contributed by atoms with E-state index in [0.717, 1.165) is 45.9 Å². The number of anilines is 1. The molecule has 5 N–H and O–H groups in total. The molecule has 34 heavy (non-hydrogen) atoms. The van der Waals surface area contributed by atoms with Crippen LogP contribution in [0.3, 0.4) is 0 Å². The lowest BCUT2D eigenvalue weighted by molar-refractivity contribution is -0.137. The molecule has 0 saturated carbocycles. The van der Waals surface area contributed by atoms with Crippen molar-refractivity contribution in [3.8, 4) is 11.5 Å². The molecule has 1 aliphatic heterocycles. The maximum absolute atomic E-state index is 10.9. The molecule has 0 unspecified atom stereocenters. The number of aryl methyl sites for hydroxylation is 3. The number of ether oxygens (including phenoxy) is 2. The Balaban J connectivity index is 0.000000636. The highest BCUT2D eigenvalue weighted by Crippen LogP contribution is 2.39. The molecule has 0 atom stereocenters. The normalized spacial score (nSPS) is 13.8. The van der Waals surface area contributed by atoms with Crippen LogP contribution in [0.5, 0.6) is 11.5 Å². The molecule has 1 aromatic carbocycles. The molecule has 5 rings (SSSR count). The molecule has 9 nitrogen and oxygen atoms in total. The van der Waals surface area contributed by atoms with Gasteiger partial charge in [-0.25, -0.2) is 9.97 Å². The molecule has 3 aromatic rings. The van der Waals surface area contributed by atoms with Gasteiger partial charge in [-0.3, -0.25) is 4.79 Å². The van der Waals surface area contributed by atoms with Gasteiger partial charge < -0.3 is 30.7 Å². The molecule has 0 fully saturated rings. The minimum atomic E-state index is -0.788. The SMILES string of the molecule is NCCO.O=C(O)CCCc1nc(NCc2ccc3c(c2)OCO3)c2c3c(sc2n1)CCCC3. The second-order valence-corrected chi connectivity index (χ2v) is 9.26. The molecule has 10 heteroatoms. The van der Waals surface area contributed by atoms with E-state index in [1.54, 1.807) is 11.3 Å². The summed E-state index contributed by atoms with van der Waals surface area (Å²) >= 11 is 1.76. The Bertz CT molecular complexity index is 1150. The number of carboxylic acid groups (broad SMARTS) is 1. The maximum atomic E-state index is 10.9. The largest absolute Gasteiger partial charge is 0.481 e. The molecule has 2 aromatic heterocycles. The van der Waals surface area contributed by atoms with Gasteiger partial charge in [-0.05, 0) is 55.4 Å². The highest BCUT2D eigenvalue weighted by Gasteiger charge is 2.21. The Morgan fingerprint density at radius 1 is 1.18 bits per heavy atom. The standard InChI is InChI=1S/C22H23N3O4S.C2H7NO/c26-19(27)7-3-6-18-24-21(20-14-4-1-2-5-17(14)30-22(20)25-18)23-11-13-8-9-15-16(10-13)29-12-28-15;3-1-2-4/h8-10H,1-7,11-12H2,(H,26,27)(H,23,24,25);4H,1-3H2. The van der Waals surface area contributed by atoms with Crippen molar-refractivity contribution in [1.29, 1.82) is 0 Å². The van der Waals surface area contributed by atoms with E-state index in [9.17, 15) is 4.79 Å². The minimum absolute atomic E-state index is 0.0972. The molecule has 2 aliphatic rings. The topological polar surface area (TPSA) is 140 Å². The first-order valence-electron chi connectivity index (χ1n) is 11.5. The molecule has 0 amide bonds. The highest BCUT2D eigenvalue weighted by atomic mass is 32.1. The first kappa shape index (κ1) is 24.2. The number of aromatic nitrogens is 2.